The monoisotopic (exact) mass is 530 g/mol. The van der Waals surface area contributed by atoms with Crippen LogP contribution in [-0.2, 0) is 6.54 Å². The van der Waals surface area contributed by atoms with E-state index < -0.39 is 0 Å². The van der Waals surface area contributed by atoms with Crippen LogP contribution in [0.5, 0.6) is 5.88 Å². The molecule has 6 rings (SSSR count). The van der Waals surface area contributed by atoms with Crippen LogP contribution in [0.3, 0.4) is 0 Å². The highest BCUT2D eigenvalue weighted by atomic mass is 32.2. The van der Waals surface area contributed by atoms with Gasteiger partial charge in [-0.05, 0) is 55.9 Å². The number of nitrogens with zero attached hydrogens (tertiary/aromatic N) is 7. The van der Waals surface area contributed by atoms with Gasteiger partial charge in [0, 0.05) is 24.7 Å². The van der Waals surface area contributed by atoms with E-state index in [0.717, 1.165) is 47.7 Å². The highest BCUT2D eigenvalue weighted by molar-refractivity contribution is 7.99. The van der Waals surface area contributed by atoms with Crippen molar-refractivity contribution in [3.8, 4) is 17.3 Å². The zero-order valence-corrected chi connectivity index (χ0v) is 22.5. The summed E-state index contributed by atoms with van der Waals surface area (Å²) in [6.07, 6.45) is 9.36. The second-order valence-corrected chi connectivity index (χ2v) is 11.1. The van der Waals surface area contributed by atoms with Gasteiger partial charge in [-0.2, -0.15) is 0 Å². The van der Waals surface area contributed by atoms with Gasteiger partial charge in [0.2, 0.25) is 5.88 Å². The van der Waals surface area contributed by atoms with Crippen molar-refractivity contribution < 1.29 is 4.74 Å². The van der Waals surface area contributed by atoms with E-state index in [1.54, 1.807) is 29.6 Å². The lowest BCUT2D eigenvalue weighted by molar-refractivity contribution is 0.397. The number of rotatable bonds is 10. The summed E-state index contributed by atoms with van der Waals surface area (Å²) in [5.41, 5.74) is 3.44. The van der Waals surface area contributed by atoms with E-state index in [-0.39, 0.29) is 17.4 Å². The van der Waals surface area contributed by atoms with E-state index in [4.69, 9.17) is 9.72 Å². The van der Waals surface area contributed by atoms with Crippen LogP contribution in [0.1, 0.15) is 62.7 Å². The number of hydrogen-bond donors (Lipinski definition) is 1. The van der Waals surface area contributed by atoms with Crippen LogP contribution < -0.4 is 15.6 Å². The van der Waals surface area contributed by atoms with Crippen LogP contribution in [0.2, 0.25) is 0 Å². The first-order valence-electron chi connectivity index (χ1n) is 13.1. The number of aromatic nitrogens is 7. The lowest BCUT2D eigenvalue weighted by Gasteiger charge is -2.19. The van der Waals surface area contributed by atoms with Gasteiger partial charge in [0.25, 0.3) is 5.56 Å². The Morgan fingerprint density at radius 1 is 1.11 bits per heavy atom. The molecule has 11 heteroatoms. The molecule has 2 fully saturated rings. The Bertz CT molecular complexity index is 1530. The maximum absolute atomic E-state index is 13.8. The van der Waals surface area contributed by atoms with E-state index in [9.17, 15) is 4.79 Å². The summed E-state index contributed by atoms with van der Waals surface area (Å²) in [5, 5.41) is 4.22. The van der Waals surface area contributed by atoms with Crippen molar-refractivity contribution in [2.45, 2.75) is 63.1 Å². The van der Waals surface area contributed by atoms with Gasteiger partial charge in [-0.15, -0.1) is 11.8 Å². The van der Waals surface area contributed by atoms with E-state index in [2.05, 4.69) is 44.1 Å². The number of nitrogens with one attached hydrogen (secondary N) is 1. The lowest BCUT2D eigenvalue weighted by Crippen LogP contribution is -2.29. The highest BCUT2D eigenvalue weighted by Gasteiger charge is 2.33. The third kappa shape index (κ3) is 4.82. The number of pyridine rings is 1. The predicted octanol–water partition coefficient (Wildman–Crippen LogP) is 4.62. The quantitative estimate of drug-likeness (QED) is 0.291. The van der Waals surface area contributed by atoms with Crippen molar-refractivity contribution in [2.24, 2.45) is 5.92 Å². The molecule has 0 bridgehead atoms. The second-order valence-electron chi connectivity index (χ2n) is 9.82. The Balaban J connectivity index is 1.41. The zero-order valence-electron chi connectivity index (χ0n) is 21.7. The number of thioether (sulfide) groups is 1. The number of methoxy groups -OCH3 is 1. The number of hydrogen-bond acceptors (Lipinski definition) is 10. The van der Waals surface area contributed by atoms with Crippen molar-refractivity contribution in [3.05, 3.63) is 52.5 Å². The van der Waals surface area contributed by atoms with Crippen LogP contribution in [0.15, 0.2) is 40.7 Å². The molecular weight excluding hydrogens is 500 g/mol. The van der Waals surface area contributed by atoms with Crippen LogP contribution in [-0.4, -0.2) is 47.3 Å². The lowest BCUT2D eigenvalue weighted by atomic mass is 10.1. The molecule has 0 aliphatic heterocycles. The SMILES string of the molecule is CCSc1ccc(CNc2nc3cnc(-c4c(OC)ncnc4C4CC4)nc3n(C(C)C3CC3)c2=O)cn1. The van der Waals surface area contributed by atoms with Crippen molar-refractivity contribution in [3.63, 3.8) is 0 Å². The number of anilines is 1. The third-order valence-electron chi connectivity index (χ3n) is 7.12. The molecule has 2 aliphatic rings. The van der Waals surface area contributed by atoms with Gasteiger partial charge in [-0.25, -0.2) is 29.9 Å². The molecule has 0 saturated heterocycles. The maximum Gasteiger partial charge on any atom is 0.295 e. The van der Waals surface area contributed by atoms with Gasteiger partial charge in [0.1, 0.15) is 17.4 Å². The summed E-state index contributed by atoms with van der Waals surface area (Å²) >= 11 is 1.70. The number of ether oxygens (including phenoxy) is 1. The molecule has 4 aromatic rings. The van der Waals surface area contributed by atoms with Gasteiger partial charge in [0.05, 0.1) is 24.0 Å². The van der Waals surface area contributed by atoms with Gasteiger partial charge in [0.15, 0.2) is 17.3 Å². The molecule has 1 N–H and O–H groups in total. The Labute approximate surface area is 224 Å². The fourth-order valence-electron chi connectivity index (χ4n) is 4.75. The fraction of sp³-hybridized carbons (Fsp3) is 0.444. The molecule has 1 atom stereocenters. The second kappa shape index (κ2) is 10.3. The molecule has 38 heavy (non-hydrogen) atoms. The van der Waals surface area contributed by atoms with Crippen molar-refractivity contribution in [2.75, 3.05) is 18.2 Å². The summed E-state index contributed by atoms with van der Waals surface area (Å²) < 4.78 is 7.34. The summed E-state index contributed by atoms with van der Waals surface area (Å²) in [7, 11) is 1.58. The van der Waals surface area contributed by atoms with Crippen LogP contribution in [0.25, 0.3) is 22.6 Å². The molecule has 0 spiro atoms. The summed E-state index contributed by atoms with van der Waals surface area (Å²) in [6, 6.07) is 4.01. The standard InChI is InChI=1S/C27H30N8O2S/c1-4-38-20-10-5-16(11-28-20)12-29-24-27(36)35(15(2)17-6-7-17)25-19(33-24)13-30-23(34-25)21-22(18-8-9-18)31-14-32-26(21)37-3/h5,10-11,13-15,17-18H,4,6-9,12H2,1-3H3,(H,29,33). The molecule has 10 nitrogen and oxygen atoms in total. The van der Waals surface area contributed by atoms with Gasteiger partial charge < -0.3 is 10.1 Å². The minimum Gasteiger partial charge on any atom is -0.480 e. The van der Waals surface area contributed by atoms with Gasteiger partial charge in [-0.3, -0.25) is 9.36 Å². The molecule has 0 radical (unpaired) electrons. The Hall–Kier alpha value is -3.60. The average Bonchev–Trinajstić information content (AvgIpc) is 3.85. The smallest absolute Gasteiger partial charge is 0.295 e. The molecule has 4 heterocycles. The van der Waals surface area contributed by atoms with E-state index >= 15 is 0 Å². The Kier molecular flexibility index (Phi) is 6.69. The fourth-order valence-corrected chi connectivity index (χ4v) is 5.34. The summed E-state index contributed by atoms with van der Waals surface area (Å²) in [5.74, 6) is 2.93. The van der Waals surface area contributed by atoms with Crippen molar-refractivity contribution >= 4 is 28.7 Å². The molecule has 196 valence electrons. The first kappa shape index (κ1) is 24.7. The van der Waals surface area contributed by atoms with E-state index in [1.165, 1.54) is 6.33 Å². The first-order chi connectivity index (χ1) is 18.6. The minimum atomic E-state index is -0.189. The topological polar surface area (TPSA) is 121 Å². The van der Waals surface area contributed by atoms with E-state index in [0.29, 0.717) is 46.8 Å². The molecule has 2 aliphatic carbocycles. The average molecular weight is 531 g/mol. The zero-order chi connectivity index (χ0) is 26.2. The molecule has 0 amide bonds. The molecule has 0 aromatic carbocycles. The Morgan fingerprint density at radius 3 is 2.63 bits per heavy atom. The van der Waals surface area contributed by atoms with Crippen LogP contribution >= 0.6 is 11.8 Å². The summed E-state index contributed by atoms with van der Waals surface area (Å²) in [6.45, 7) is 4.63. The van der Waals surface area contributed by atoms with Gasteiger partial charge in [-0.1, -0.05) is 13.0 Å². The predicted molar refractivity (Wildman–Crippen MR) is 147 cm³/mol. The van der Waals surface area contributed by atoms with Crippen molar-refractivity contribution in [1.82, 2.24) is 34.5 Å². The largest absolute Gasteiger partial charge is 0.480 e. The molecular formula is C27H30N8O2S. The van der Waals surface area contributed by atoms with Gasteiger partial charge >= 0.3 is 0 Å². The normalized spacial score (nSPS) is 16.0. The maximum atomic E-state index is 13.8. The molecule has 4 aromatic heterocycles. The first-order valence-corrected chi connectivity index (χ1v) is 14.1. The third-order valence-corrected chi connectivity index (χ3v) is 7.94. The number of fused-ring (bicyclic) bond motifs is 1. The molecule has 1 unspecified atom stereocenters. The van der Waals surface area contributed by atoms with Crippen LogP contribution in [0.4, 0.5) is 5.82 Å². The van der Waals surface area contributed by atoms with E-state index in [1.807, 2.05) is 18.3 Å². The van der Waals surface area contributed by atoms with Crippen LogP contribution in [0, 0.1) is 5.92 Å². The molecule has 2 saturated carbocycles. The minimum absolute atomic E-state index is 0.0138. The van der Waals surface area contributed by atoms with Crippen molar-refractivity contribution in [1.29, 1.82) is 0 Å². The Morgan fingerprint density at radius 2 is 1.95 bits per heavy atom. The summed E-state index contributed by atoms with van der Waals surface area (Å²) in [4.78, 5) is 41.3. The highest BCUT2D eigenvalue weighted by Crippen LogP contribution is 2.45.